The minimum absolute atomic E-state index is 0.0447. The lowest BCUT2D eigenvalue weighted by Crippen LogP contribution is -2.38. The van der Waals surface area contributed by atoms with Gasteiger partial charge in [0, 0.05) is 32.6 Å². The fraction of sp³-hybridized carbons (Fsp3) is 0.619. The summed E-state index contributed by atoms with van der Waals surface area (Å²) in [5, 5.41) is 4.54. The van der Waals surface area contributed by atoms with Crippen LogP contribution in [0.25, 0.3) is 0 Å². The molecule has 0 spiro atoms. The Hall–Kier alpha value is -1.93. The van der Waals surface area contributed by atoms with Crippen LogP contribution in [0.4, 0.5) is 0 Å². The van der Waals surface area contributed by atoms with E-state index in [1.165, 1.54) is 22.7 Å². The summed E-state index contributed by atoms with van der Waals surface area (Å²) in [4.78, 5) is 13.0. The van der Waals surface area contributed by atoms with Gasteiger partial charge in [0.15, 0.2) is 0 Å². The Morgan fingerprint density at radius 2 is 1.90 bits per heavy atom. The summed E-state index contributed by atoms with van der Waals surface area (Å²) in [6, 6.07) is 5.43. The summed E-state index contributed by atoms with van der Waals surface area (Å²) in [5.74, 6) is 1.39. The number of nitrogens with zero attached hydrogens (tertiary/aromatic N) is 4. The second kappa shape index (κ2) is 7.09. The normalized spacial score (nSPS) is 21.8. The van der Waals surface area contributed by atoms with Gasteiger partial charge in [-0.15, -0.1) is 0 Å². The highest BCUT2D eigenvalue weighted by Gasteiger charge is 2.32. The van der Waals surface area contributed by atoms with Gasteiger partial charge >= 0.3 is 5.69 Å². The molecule has 1 atom stereocenters. The van der Waals surface area contributed by atoms with Crippen LogP contribution in [0.15, 0.2) is 27.9 Å². The van der Waals surface area contributed by atoms with E-state index >= 15 is 0 Å². The molecule has 0 radical (unpaired) electrons. The summed E-state index contributed by atoms with van der Waals surface area (Å²) in [6.07, 6.45) is 7.40. The molecule has 0 amide bonds. The molecule has 2 aromatic rings. The molecule has 0 N–H and O–H groups in total. The summed E-state index contributed by atoms with van der Waals surface area (Å²) in [7, 11) is -1.88. The molecule has 5 rings (SSSR count). The monoisotopic (exact) mass is 416 g/mol. The average Bonchev–Trinajstić information content (AvgIpc) is 3.37. The van der Waals surface area contributed by atoms with Gasteiger partial charge < -0.3 is 0 Å². The van der Waals surface area contributed by atoms with E-state index in [1.807, 2.05) is 12.1 Å². The molecular formula is C21H28N4O3S. The molecule has 156 valence electrons. The Bertz CT molecular complexity index is 1100. The summed E-state index contributed by atoms with van der Waals surface area (Å²) in [5.41, 5.74) is 2.39. The van der Waals surface area contributed by atoms with Crippen molar-refractivity contribution in [1.82, 2.24) is 18.7 Å². The lowest BCUT2D eigenvalue weighted by molar-refractivity contribution is 0.328. The van der Waals surface area contributed by atoms with Crippen LogP contribution < -0.4 is 5.69 Å². The van der Waals surface area contributed by atoms with Crippen LogP contribution in [-0.2, 0) is 42.4 Å². The number of hydrogen-bond donors (Lipinski definition) is 0. The van der Waals surface area contributed by atoms with Gasteiger partial charge in [-0.2, -0.15) is 9.40 Å². The van der Waals surface area contributed by atoms with Gasteiger partial charge in [-0.1, -0.05) is 6.07 Å². The van der Waals surface area contributed by atoms with Gasteiger partial charge in [-0.05, 0) is 74.1 Å². The Balaban J connectivity index is 1.34. The van der Waals surface area contributed by atoms with Crippen molar-refractivity contribution < 1.29 is 8.42 Å². The molecule has 1 unspecified atom stereocenters. The SMILES string of the molecule is CN(C1CCc2nn(CC3CC3)c(=O)n2CC1)S(=O)(=O)c1ccc2c(c1)CCC2. The third-order valence-electron chi connectivity index (χ3n) is 6.78. The van der Waals surface area contributed by atoms with Gasteiger partial charge in [0.05, 0.1) is 4.90 Å². The van der Waals surface area contributed by atoms with Crippen molar-refractivity contribution >= 4 is 10.0 Å². The highest BCUT2D eigenvalue weighted by atomic mass is 32.2. The number of sulfonamides is 1. The van der Waals surface area contributed by atoms with E-state index in [2.05, 4.69) is 5.10 Å². The average molecular weight is 417 g/mol. The molecule has 8 heteroatoms. The molecule has 1 aromatic heterocycles. The van der Waals surface area contributed by atoms with E-state index < -0.39 is 10.0 Å². The van der Waals surface area contributed by atoms with Gasteiger partial charge in [0.1, 0.15) is 5.82 Å². The lowest BCUT2D eigenvalue weighted by Gasteiger charge is -2.26. The lowest BCUT2D eigenvalue weighted by atomic mass is 10.1. The molecule has 1 aliphatic heterocycles. The molecule has 2 aliphatic carbocycles. The fourth-order valence-electron chi connectivity index (χ4n) is 4.71. The number of aromatic nitrogens is 3. The van der Waals surface area contributed by atoms with Gasteiger partial charge in [-0.25, -0.2) is 17.9 Å². The first-order chi connectivity index (χ1) is 13.9. The van der Waals surface area contributed by atoms with Gasteiger partial charge in [-0.3, -0.25) is 4.57 Å². The van der Waals surface area contributed by atoms with Crippen molar-refractivity contribution in [2.75, 3.05) is 7.05 Å². The third-order valence-corrected chi connectivity index (χ3v) is 8.68. The number of aryl methyl sites for hydroxylation is 3. The van der Waals surface area contributed by atoms with E-state index in [0.29, 0.717) is 36.6 Å². The second-order valence-electron chi connectivity index (χ2n) is 8.76. The van der Waals surface area contributed by atoms with Crippen molar-refractivity contribution in [2.24, 2.45) is 5.92 Å². The zero-order valence-corrected chi connectivity index (χ0v) is 17.7. The molecule has 3 aliphatic rings. The van der Waals surface area contributed by atoms with Crippen molar-refractivity contribution in [3.05, 3.63) is 45.6 Å². The smallest absolute Gasteiger partial charge is 0.279 e. The standard InChI is InChI=1S/C21H28N4O3S/c1-23(29(27,28)19-9-7-16-3-2-4-17(16)13-19)18-8-10-20-22-25(14-15-5-6-15)21(26)24(20)12-11-18/h7,9,13,15,18H,2-6,8,10-12,14H2,1H3. The van der Waals surface area contributed by atoms with Crippen LogP contribution in [0.2, 0.25) is 0 Å². The highest BCUT2D eigenvalue weighted by molar-refractivity contribution is 7.89. The van der Waals surface area contributed by atoms with Gasteiger partial charge in [0.2, 0.25) is 10.0 Å². The summed E-state index contributed by atoms with van der Waals surface area (Å²) < 4.78 is 31.4. The number of fused-ring (bicyclic) bond motifs is 2. The molecule has 1 saturated carbocycles. The first kappa shape index (κ1) is 19.1. The van der Waals surface area contributed by atoms with Crippen LogP contribution in [0.5, 0.6) is 0 Å². The minimum atomic E-state index is -3.55. The van der Waals surface area contributed by atoms with E-state index in [4.69, 9.17) is 0 Å². The molecular weight excluding hydrogens is 388 g/mol. The zero-order valence-electron chi connectivity index (χ0n) is 16.9. The predicted molar refractivity (Wildman–Crippen MR) is 109 cm³/mol. The Labute approximate surface area is 171 Å². The highest BCUT2D eigenvalue weighted by Crippen LogP contribution is 2.30. The first-order valence-electron chi connectivity index (χ1n) is 10.7. The molecule has 2 heterocycles. The van der Waals surface area contributed by atoms with Crippen LogP contribution in [0, 0.1) is 5.92 Å². The first-order valence-corrected chi connectivity index (χ1v) is 12.1. The molecule has 29 heavy (non-hydrogen) atoms. The van der Waals surface area contributed by atoms with E-state index in [0.717, 1.165) is 37.2 Å². The molecule has 0 bridgehead atoms. The van der Waals surface area contributed by atoms with E-state index in [-0.39, 0.29) is 11.7 Å². The van der Waals surface area contributed by atoms with Crippen LogP contribution in [0.1, 0.15) is 49.1 Å². The van der Waals surface area contributed by atoms with E-state index in [9.17, 15) is 13.2 Å². The zero-order chi connectivity index (χ0) is 20.2. The summed E-state index contributed by atoms with van der Waals surface area (Å²) in [6.45, 7) is 1.24. The maximum Gasteiger partial charge on any atom is 0.345 e. The number of rotatable bonds is 5. The summed E-state index contributed by atoms with van der Waals surface area (Å²) >= 11 is 0. The van der Waals surface area contributed by atoms with Crippen molar-refractivity contribution in [2.45, 2.75) is 75.4 Å². The van der Waals surface area contributed by atoms with Crippen LogP contribution >= 0.6 is 0 Å². The Morgan fingerprint density at radius 3 is 2.69 bits per heavy atom. The van der Waals surface area contributed by atoms with Crippen molar-refractivity contribution in [1.29, 1.82) is 0 Å². The quantitative estimate of drug-likeness (QED) is 0.747. The molecule has 1 aromatic carbocycles. The van der Waals surface area contributed by atoms with E-state index in [1.54, 1.807) is 22.4 Å². The van der Waals surface area contributed by atoms with Crippen LogP contribution in [0.3, 0.4) is 0 Å². The number of hydrogen-bond acceptors (Lipinski definition) is 4. The largest absolute Gasteiger partial charge is 0.345 e. The molecule has 1 fully saturated rings. The van der Waals surface area contributed by atoms with Crippen molar-refractivity contribution in [3.8, 4) is 0 Å². The molecule has 0 saturated heterocycles. The Morgan fingerprint density at radius 1 is 1.10 bits per heavy atom. The fourth-order valence-corrected chi connectivity index (χ4v) is 6.18. The van der Waals surface area contributed by atoms with Crippen LogP contribution in [-0.4, -0.2) is 40.2 Å². The predicted octanol–water partition coefficient (Wildman–Crippen LogP) is 1.97. The molecule has 7 nitrogen and oxygen atoms in total. The Kier molecular flexibility index (Phi) is 4.66. The number of benzene rings is 1. The second-order valence-corrected chi connectivity index (χ2v) is 10.8. The van der Waals surface area contributed by atoms with Crippen molar-refractivity contribution in [3.63, 3.8) is 0 Å². The minimum Gasteiger partial charge on any atom is -0.279 e. The maximum atomic E-state index is 13.2. The van der Waals surface area contributed by atoms with Gasteiger partial charge in [0.25, 0.3) is 0 Å². The maximum absolute atomic E-state index is 13.2. The third kappa shape index (κ3) is 3.46. The topological polar surface area (TPSA) is 77.2 Å².